The molecule has 102 valence electrons. The van der Waals surface area contributed by atoms with Crippen LogP contribution < -0.4 is 5.32 Å². The molecule has 3 nitrogen and oxygen atoms in total. The van der Waals surface area contributed by atoms with Crippen molar-refractivity contribution in [2.24, 2.45) is 0 Å². The highest BCUT2D eigenvalue weighted by molar-refractivity contribution is 5.58. The van der Waals surface area contributed by atoms with Crippen molar-refractivity contribution in [3.63, 3.8) is 0 Å². The van der Waals surface area contributed by atoms with Crippen molar-refractivity contribution >= 4 is 5.69 Å². The Bertz CT molecular complexity index is 532. The molecule has 0 saturated heterocycles. The third-order valence-electron chi connectivity index (χ3n) is 3.29. The molecular formula is C16H23N3. The van der Waals surface area contributed by atoms with E-state index in [1.807, 2.05) is 10.9 Å². The number of hydrogen-bond donors (Lipinski definition) is 1. The molecule has 1 N–H and O–H groups in total. The predicted octanol–water partition coefficient (Wildman–Crippen LogP) is 3.83. The van der Waals surface area contributed by atoms with E-state index in [2.05, 4.69) is 56.4 Å². The maximum absolute atomic E-state index is 4.35. The van der Waals surface area contributed by atoms with Gasteiger partial charge in [-0.15, -0.1) is 0 Å². The minimum absolute atomic E-state index is 0.828. The van der Waals surface area contributed by atoms with Crippen LogP contribution in [0, 0.1) is 20.8 Å². The van der Waals surface area contributed by atoms with Gasteiger partial charge in [-0.1, -0.05) is 24.6 Å². The average molecular weight is 257 g/mol. The van der Waals surface area contributed by atoms with Gasteiger partial charge in [0.25, 0.3) is 0 Å². The maximum Gasteiger partial charge on any atom is 0.0539 e. The number of nitrogens with zero attached hydrogens (tertiary/aromatic N) is 2. The van der Waals surface area contributed by atoms with Crippen LogP contribution in [0.15, 0.2) is 24.5 Å². The summed E-state index contributed by atoms with van der Waals surface area (Å²) in [5, 5.41) is 7.88. The van der Waals surface area contributed by atoms with Gasteiger partial charge in [-0.2, -0.15) is 5.10 Å². The van der Waals surface area contributed by atoms with Crippen LogP contribution >= 0.6 is 0 Å². The number of aryl methyl sites for hydroxylation is 4. The van der Waals surface area contributed by atoms with Gasteiger partial charge in [0.05, 0.1) is 6.20 Å². The fourth-order valence-corrected chi connectivity index (χ4v) is 2.50. The van der Waals surface area contributed by atoms with Crippen molar-refractivity contribution in [2.75, 3.05) is 5.32 Å². The molecule has 1 aromatic heterocycles. The number of benzene rings is 1. The van der Waals surface area contributed by atoms with Crippen LogP contribution in [0.25, 0.3) is 0 Å². The summed E-state index contributed by atoms with van der Waals surface area (Å²) in [4.78, 5) is 0. The molecule has 0 saturated carbocycles. The second-order valence-electron chi connectivity index (χ2n) is 5.24. The van der Waals surface area contributed by atoms with Gasteiger partial charge < -0.3 is 5.32 Å². The highest BCUT2D eigenvalue weighted by atomic mass is 15.3. The molecule has 0 radical (unpaired) electrons. The Hall–Kier alpha value is -1.77. The molecule has 0 unspecified atom stereocenters. The minimum atomic E-state index is 0.828. The second-order valence-corrected chi connectivity index (χ2v) is 5.24. The summed E-state index contributed by atoms with van der Waals surface area (Å²) in [6, 6.07) is 4.44. The van der Waals surface area contributed by atoms with Crippen molar-refractivity contribution in [3.8, 4) is 0 Å². The summed E-state index contributed by atoms with van der Waals surface area (Å²) in [6.07, 6.45) is 5.18. The van der Waals surface area contributed by atoms with E-state index < -0.39 is 0 Å². The van der Waals surface area contributed by atoms with Crippen LogP contribution in [0.4, 0.5) is 5.69 Å². The third-order valence-corrected chi connectivity index (χ3v) is 3.29. The first-order chi connectivity index (χ1) is 9.10. The molecule has 0 atom stereocenters. The highest BCUT2D eigenvalue weighted by Gasteiger charge is 2.04. The molecule has 0 bridgehead atoms. The normalized spacial score (nSPS) is 10.7. The third kappa shape index (κ3) is 3.37. The zero-order chi connectivity index (χ0) is 13.8. The first kappa shape index (κ1) is 13.7. The van der Waals surface area contributed by atoms with Crippen LogP contribution in [-0.2, 0) is 13.1 Å². The predicted molar refractivity (Wildman–Crippen MR) is 80.5 cm³/mol. The zero-order valence-corrected chi connectivity index (χ0v) is 12.3. The Morgan fingerprint density at radius 1 is 1.16 bits per heavy atom. The van der Waals surface area contributed by atoms with Crippen molar-refractivity contribution in [3.05, 3.63) is 46.8 Å². The number of anilines is 1. The molecule has 0 aliphatic rings. The summed E-state index contributed by atoms with van der Waals surface area (Å²) in [6.45, 7) is 10.4. The number of nitrogens with one attached hydrogen (secondary N) is 1. The van der Waals surface area contributed by atoms with E-state index >= 15 is 0 Å². The molecule has 3 heteroatoms. The lowest BCUT2D eigenvalue weighted by Gasteiger charge is -2.13. The van der Waals surface area contributed by atoms with E-state index in [1.165, 1.54) is 27.9 Å². The molecule has 1 heterocycles. The van der Waals surface area contributed by atoms with Gasteiger partial charge in [0.1, 0.15) is 0 Å². The molecule has 2 rings (SSSR count). The van der Waals surface area contributed by atoms with Gasteiger partial charge in [0.15, 0.2) is 0 Å². The standard InChI is InChI=1S/C16H23N3/c1-5-6-19-11-15(10-18-19)9-17-16-13(3)7-12(2)8-14(16)4/h7-8,10-11,17H,5-6,9H2,1-4H3. The van der Waals surface area contributed by atoms with Gasteiger partial charge in [-0.05, 0) is 38.3 Å². The average Bonchev–Trinajstić information content (AvgIpc) is 2.76. The number of rotatable bonds is 5. The Labute approximate surface area is 115 Å². The zero-order valence-electron chi connectivity index (χ0n) is 12.3. The summed E-state index contributed by atoms with van der Waals surface area (Å²) >= 11 is 0. The lowest BCUT2D eigenvalue weighted by Crippen LogP contribution is -2.03. The fourth-order valence-electron chi connectivity index (χ4n) is 2.50. The quantitative estimate of drug-likeness (QED) is 0.882. The largest absolute Gasteiger partial charge is 0.380 e. The Balaban J connectivity index is 2.05. The van der Waals surface area contributed by atoms with Crippen LogP contribution in [-0.4, -0.2) is 9.78 Å². The van der Waals surface area contributed by atoms with Crippen LogP contribution in [0.2, 0.25) is 0 Å². The van der Waals surface area contributed by atoms with Gasteiger partial charge in [-0.25, -0.2) is 0 Å². The number of aromatic nitrogens is 2. The van der Waals surface area contributed by atoms with Crippen molar-refractivity contribution in [1.82, 2.24) is 9.78 Å². The van der Waals surface area contributed by atoms with Gasteiger partial charge >= 0.3 is 0 Å². The van der Waals surface area contributed by atoms with E-state index in [1.54, 1.807) is 0 Å². The maximum atomic E-state index is 4.35. The fraction of sp³-hybridized carbons (Fsp3) is 0.438. The van der Waals surface area contributed by atoms with Crippen molar-refractivity contribution < 1.29 is 0 Å². The summed E-state index contributed by atoms with van der Waals surface area (Å²) in [5.74, 6) is 0. The number of hydrogen-bond acceptors (Lipinski definition) is 2. The van der Waals surface area contributed by atoms with Gasteiger partial charge in [0, 0.05) is 30.5 Å². The van der Waals surface area contributed by atoms with E-state index in [0.29, 0.717) is 0 Å². The van der Waals surface area contributed by atoms with Crippen molar-refractivity contribution in [2.45, 2.75) is 47.2 Å². The molecule has 0 spiro atoms. The van der Waals surface area contributed by atoms with E-state index in [9.17, 15) is 0 Å². The molecule has 0 fully saturated rings. The second kappa shape index (κ2) is 5.91. The Kier molecular flexibility index (Phi) is 4.25. The summed E-state index contributed by atoms with van der Waals surface area (Å²) in [7, 11) is 0. The molecular weight excluding hydrogens is 234 g/mol. The van der Waals surface area contributed by atoms with E-state index in [0.717, 1.165) is 19.5 Å². The van der Waals surface area contributed by atoms with E-state index in [-0.39, 0.29) is 0 Å². The minimum Gasteiger partial charge on any atom is -0.380 e. The SMILES string of the molecule is CCCn1cc(CNc2c(C)cc(C)cc2C)cn1. The Morgan fingerprint density at radius 2 is 1.84 bits per heavy atom. The summed E-state index contributed by atoms with van der Waals surface area (Å²) < 4.78 is 2.01. The lowest BCUT2D eigenvalue weighted by atomic mass is 10.1. The van der Waals surface area contributed by atoms with Crippen LogP contribution in [0.5, 0.6) is 0 Å². The van der Waals surface area contributed by atoms with Crippen molar-refractivity contribution in [1.29, 1.82) is 0 Å². The van der Waals surface area contributed by atoms with Crippen LogP contribution in [0.3, 0.4) is 0 Å². The van der Waals surface area contributed by atoms with Crippen LogP contribution in [0.1, 0.15) is 35.6 Å². The summed E-state index contributed by atoms with van der Waals surface area (Å²) in [5.41, 5.74) is 6.40. The first-order valence-electron chi connectivity index (χ1n) is 6.93. The molecule has 19 heavy (non-hydrogen) atoms. The van der Waals surface area contributed by atoms with E-state index in [4.69, 9.17) is 0 Å². The molecule has 2 aromatic rings. The Morgan fingerprint density at radius 3 is 2.47 bits per heavy atom. The smallest absolute Gasteiger partial charge is 0.0539 e. The first-order valence-corrected chi connectivity index (χ1v) is 6.93. The molecule has 1 aromatic carbocycles. The molecule has 0 amide bonds. The molecule has 0 aliphatic carbocycles. The topological polar surface area (TPSA) is 29.9 Å². The van der Waals surface area contributed by atoms with Gasteiger partial charge in [0.2, 0.25) is 0 Å². The molecule has 0 aliphatic heterocycles. The van der Waals surface area contributed by atoms with Gasteiger partial charge in [-0.3, -0.25) is 4.68 Å². The monoisotopic (exact) mass is 257 g/mol. The lowest BCUT2D eigenvalue weighted by molar-refractivity contribution is 0.602. The highest BCUT2D eigenvalue weighted by Crippen LogP contribution is 2.22.